The zero-order valence-corrected chi connectivity index (χ0v) is 8.60. The lowest BCUT2D eigenvalue weighted by atomic mass is 10.2. The Labute approximate surface area is 94.0 Å². The van der Waals surface area contributed by atoms with Gasteiger partial charge in [0.05, 0.1) is 11.8 Å². The second kappa shape index (κ2) is 4.04. The summed E-state index contributed by atoms with van der Waals surface area (Å²) in [5.41, 5.74) is 0.389. The van der Waals surface area contributed by atoms with E-state index in [-0.39, 0.29) is 11.4 Å². The molecule has 0 saturated carbocycles. The number of hydrogen-bond donors (Lipinski definition) is 1. The van der Waals surface area contributed by atoms with Gasteiger partial charge in [-0.05, 0) is 11.5 Å². The highest BCUT2D eigenvalue weighted by Crippen LogP contribution is 2.23. The molecule has 0 fully saturated rings. The molecule has 0 atom stereocenters. The summed E-state index contributed by atoms with van der Waals surface area (Å²) in [7, 11) is 0. The van der Waals surface area contributed by atoms with Gasteiger partial charge in [-0.15, -0.1) is 0 Å². The predicted molar refractivity (Wildman–Crippen MR) is 54.8 cm³/mol. The molecule has 0 aliphatic rings. The van der Waals surface area contributed by atoms with E-state index in [2.05, 4.69) is 14.3 Å². The van der Waals surface area contributed by atoms with Crippen molar-refractivity contribution in [3.63, 3.8) is 0 Å². The molecule has 0 spiro atoms. The zero-order valence-electron chi connectivity index (χ0n) is 7.78. The Morgan fingerprint density at radius 3 is 2.62 bits per heavy atom. The first-order valence-electron chi connectivity index (χ1n) is 4.13. The quantitative estimate of drug-likeness (QED) is 0.834. The molecular formula is C9H4N4O2S. The molecule has 0 amide bonds. The standard InChI is InChI=1S/C9H4N4O2S/c10-1-5-2-11-8(12-3-5)7-6(9(14)15)4-13-16-7/h2-4H,(H,14,15). The number of hydrogen-bond acceptors (Lipinski definition) is 6. The molecule has 7 heteroatoms. The van der Waals surface area contributed by atoms with Crippen molar-refractivity contribution in [1.29, 1.82) is 5.26 Å². The lowest BCUT2D eigenvalue weighted by molar-refractivity contribution is 0.0698. The molecule has 2 aromatic heterocycles. The van der Waals surface area contributed by atoms with Crippen molar-refractivity contribution in [2.75, 3.05) is 0 Å². The van der Waals surface area contributed by atoms with Gasteiger partial charge >= 0.3 is 5.97 Å². The monoisotopic (exact) mass is 232 g/mol. The van der Waals surface area contributed by atoms with Gasteiger partial charge in [-0.1, -0.05) is 0 Å². The van der Waals surface area contributed by atoms with Crippen LogP contribution in [0.3, 0.4) is 0 Å². The second-order valence-electron chi connectivity index (χ2n) is 2.78. The summed E-state index contributed by atoms with van der Waals surface area (Å²) in [5, 5.41) is 17.4. The van der Waals surface area contributed by atoms with E-state index in [0.717, 1.165) is 11.5 Å². The third-order valence-electron chi connectivity index (χ3n) is 1.78. The first-order chi connectivity index (χ1) is 7.72. The van der Waals surface area contributed by atoms with Gasteiger partial charge in [-0.25, -0.2) is 14.8 Å². The van der Waals surface area contributed by atoms with Gasteiger partial charge in [0, 0.05) is 12.4 Å². The van der Waals surface area contributed by atoms with Crippen molar-refractivity contribution >= 4 is 17.5 Å². The van der Waals surface area contributed by atoms with Crippen molar-refractivity contribution in [3.8, 4) is 16.8 Å². The minimum absolute atomic E-state index is 0.0645. The van der Waals surface area contributed by atoms with E-state index in [1.807, 2.05) is 6.07 Å². The van der Waals surface area contributed by atoms with Crippen LogP contribution in [0.25, 0.3) is 10.7 Å². The van der Waals surface area contributed by atoms with E-state index in [1.54, 1.807) is 0 Å². The molecule has 78 valence electrons. The Morgan fingerprint density at radius 2 is 2.06 bits per heavy atom. The van der Waals surface area contributed by atoms with Gasteiger partial charge in [-0.3, -0.25) is 0 Å². The minimum atomic E-state index is -1.07. The highest BCUT2D eigenvalue weighted by molar-refractivity contribution is 7.09. The maximum Gasteiger partial charge on any atom is 0.338 e. The third-order valence-corrected chi connectivity index (χ3v) is 2.58. The molecule has 2 aromatic rings. The van der Waals surface area contributed by atoms with Crippen LogP contribution in [0.4, 0.5) is 0 Å². The van der Waals surface area contributed by atoms with Crippen LogP contribution in [-0.2, 0) is 0 Å². The van der Waals surface area contributed by atoms with E-state index in [9.17, 15) is 4.79 Å². The van der Waals surface area contributed by atoms with Crippen molar-refractivity contribution in [2.45, 2.75) is 0 Å². The highest BCUT2D eigenvalue weighted by Gasteiger charge is 2.16. The van der Waals surface area contributed by atoms with Gasteiger partial charge in [0.1, 0.15) is 16.5 Å². The molecule has 0 unspecified atom stereocenters. The fraction of sp³-hybridized carbons (Fsp3) is 0. The second-order valence-corrected chi connectivity index (χ2v) is 3.58. The van der Waals surface area contributed by atoms with Gasteiger partial charge in [0.15, 0.2) is 5.82 Å². The fourth-order valence-electron chi connectivity index (χ4n) is 1.06. The topological polar surface area (TPSA) is 99.8 Å². The van der Waals surface area contributed by atoms with E-state index >= 15 is 0 Å². The molecule has 2 rings (SSSR count). The van der Waals surface area contributed by atoms with Gasteiger partial charge in [-0.2, -0.15) is 9.64 Å². The summed E-state index contributed by atoms with van der Waals surface area (Å²) in [5.74, 6) is -0.810. The van der Waals surface area contributed by atoms with Crippen LogP contribution < -0.4 is 0 Å². The minimum Gasteiger partial charge on any atom is -0.478 e. The average Bonchev–Trinajstić information content (AvgIpc) is 2.78. The molecular weight excluding hydrogens is 228 g/mol. The fourth-order valence-corrected chi connectivity index (χ4v) is 1.75. The first-order valence-corrected chi connectivity index (χ1v) is 4.90. The molecule has 0 saturated heterocycles. The molecule has 0 aliphatic heterocycles. The number of carboxylic acid groups (broad SMARTS) is 1. The van der Waals surface area contributed by atoms with E-state index in [1.165, 1.54) is 18.6 Å². The average molecular weight is 232 g/mol. The molecule has 1 N–H and O–H groups in total. The van der Waals surface area contributed by atoms with Crippen LogP contribution in [0, 0.1) is 11.3 Å². The number of aromatic nitrogens is 3. The smallest absolute Gasteiger partial charge is 0.338 e. The molecule has 0 radical (unpaired) electrons. The lowest BCUT2D eigenvalue weighted by Crippen LogP contribution is -1.97. The number of nitrogens with zero attached hydrogens (tertiary/aromatic N) is 4. The number of carboxylic acids is 1. The number of carbonyl (C=O) groups is 1. The number of nitriles is 1. The summed E-state index contributed by atoms with van der Waals surface area (Å²) >= 11 is 1.01. The maximum atomic E-state index is 10.8. The van der Waals surface area contributed by atoms with Crippen molar-refractivity contribution in [2.24, 2.45) is 0 Å². The Kier molecular flexibility index (Phi) is 2.57. The summed E-state index contributed by atoms with van der Waals surface area (Å²) in [6.45, 7) is 0. The van der Waals surface area contributed by atoms with Crippen LogP contribution in [-0.4, -0.2) is 25.4 Å². The molecule has 0 aliphatic carbocycles. The Hall–Kier alpha value is -2.33. The summed E-state index contributed by atoms with van der Waals surface area (Å²) < 4.78 is 3.78. The largest absolute Gasteiger partial charge is 0.478 e. The third kappa shape index (κ3) is 1.74. The van der Waals surface area contributed by atoms with Crippen molar-refractivity contribution in [3.05, 3.63) is 29.7 Å². The first kappa shape index (κ1) is 10.2. The summed E-state index contributed by atoms with van der Waals surface area (Å²) in [4.78, 5) is 19.0. The van der Waals surface area contributed by atoms with E-state index in [4.69, 9.17) is 10.4 Å². The maximum absolute atomic E-state index is 10.8. The Balaban J connectivity index is 2.47. The zero-order chi connectivity index (χ0) is 11.5. The van der Waals surface area contributed by atoms with Crippen LogP contribution in [0.15, 0.2) is 18.6 Å². The normalized spacial score (nSPS) is 9.69. The van der Waals surface area contributed by atoms with Gasteiger partial charge in [0.25, 0.3) is 0 Å². The van der Waals surface area contributed by atoms with Crippen LogP contribution in [0.1, 0.15) is 15.9 Å². The lowest BCUT2D eigenvalue weighted by Gasteiger charge is -1.96. The van der Waals surface area contributed by atoms with Crippen LogP contribution in [0.2, 0.25) is 0 Å². The molecule has 0 aromatic carbocycles. The number of rotatable bonds is 2. The van der Waals surface area contributed by atoms with Gasteiger partial charge < -0.3 is 5.11 Å². The molecule has 2 heterocycles. The van der Waals surface area contributed by atoms with E-state index in [0.29, 0.717) is 10.4 Å². The van der Waals surface area contributed by atoms with Crippen molar-refractivity contribution in [1.82, 2.24) is 14.3 Å². The summed E-state index contributed by atoms with van der Waals surface area (Å²) in [6, 6.07) is 1.88. The van der Waals surface area contributed by atoms with Crippen LogP contribution >= 0.6 is 11.5 Å². The van der Waals surface area contributed by atoms with Crippen LogP contribution in [0.5, 0.6) is 0 Å². The van der Waals surface area contributed by atoms with Gasteiger partial charge in [0.2, 0.25) is 0 Å². The molecule has 0 bridgehead atoms. The highest BCUT2D eigenvalue weighted by atomic mass is 32.1. The predicted octanol–water partition coefficient (Wildman–Crippen LogP) is 1.17. The molecule has 16 heavy (non-hydrogen) atoms. The Morgan fingerprint density at radius 1 is 1.38 bits per heavy atom. The summed E-state index contributed by atoms with van der Waals surface area (Å²) in [6.07, 6.45) is 3.94. The van der Waals surface area contributed by atoms with E-state index < -0.39 is 5.97 Å². The Bertz CT molecular complexity index is 570. The SMILES string of the molecule is N#Cc1cnc(-c2sncc2C(=O)O)nc1. The molecule has 6 nitrogen and oxygen atoms in total. The van der Waals surface area contributed by atoms with Crippen molar-refractivity contribution < 1.29 is 9.90 Å². The number of aromatic carboxylic acids is 1.